The highest BCUT2D eigenvalue weighted by molar-refractivity contribution is 6.30. The van der Waals surface area contributed by atoms with E-state index >= 15 is 0 Å². The zero-order valence-electron chi connectivity index (χ0n) is 16.0. The summed E-state index contributed by atoms with van der Waals surface area (Å²) in [5, 5.41) is 3.62. The molecule has 2 aromatic carbocycles. The van der Waals surface area contributed by atoms with Gasteiger partial charge in [0, 0.05) is 30.0 Å². The zero-order valence-corrected chi connectivity index (χ0v) is 16.8. The van der Waals surface area contributed by atoms with E-state index in [1.54, 1.807) is 12.3 Å². The number of carbonyl (C=O) groups is 1. The fraction of sp³-hybridized carbons (Fsp3) is 0.227. The lowest BCUT2D eigenvalue weighted by atomic mass is 10.1. The average Bonchev–Trinajstić information content (AvgIpc) is 2.70. The highest BCUT2D eigenvalue weighted by atomic mass is 35.5. The van der Waals surface area contributed by atoms with Crippen molar-refractivity contribution in [2.45, 2.75) is 20.3 Å². The normalized spacial score (nSPS) is 10.5. The summed E-state index contributed by atoms with van der Waals surface area (Å²) in [6.07, 6.45) is 2.35. The molecule has 3 aromatic rings. The Morgan fingerprint density at radius 2 is 1.93 bits per heavy atom. The van der Waals surface area contributed by atoms with E-state index in [1.807, 2.05) is 61.2 Å². The van der Waals surface area contributed by atoms with Gasteiger partial charge in [-0.3, -0.25) is 4.79 Å². The molecule has 28 heavy (non-hydrogen) atoms. The summed E-state index contributed by atoms with van der Waals surface area (Å²) in [6.45, 7) is 5.30. The molecular weight excluding hydrogens is 372 g/mol. The number of anilines is 2. The summed E-state index contributed by atoms with van der Waals surface area (Å²) >= 11 is 5.89. The summed E-state index contributed by atoms with van der Waals surface area (Å²) in [5.41, 5.74) is 3.63. The van der Waals surface area contributed by atoms with Gasteiger partial charge in [-0.1, -0.05) is 35.9 Å². The van der Waals surface area contributed by atoms with Crippen molar-refractivity contribution in [2.75, 3.05) is 18.0 Å². The van der Waals surface area contributed by atoms with Gasteiger partial charge in [0.05, 0.1) is 0 Å². The molecular formula is C22H23ClN4O. The van der Waals surface area contributed by atoms with Crippen LogP contribution < -0.4 is 10.2 Å². The molecule has 0 fully saturated rings. The summed E-state index contributed by atoms with van der Waals surface area (Å²) in [6, 6.07) is 17.4. The van der Waals surface area contributed by atoms with Gasteiger partial charge in [-0.2, -0.15) is 0 Å². The SMILES string of the molecule is CCN(c1cccc(C)c1)c1nccc(C(=O)NCCc2ccc(Cl)cc2)n1. The van der Waals surface area contributed by atoms with Gasteiger partial charge < -0.3 is 10.2 Å². The van der Waals surface area contributed by atoms with Crippen LogP contribution in [0.4, 0.5) is 11.6 Å². The van der Waals surface area contributed by atoms with E-state index in [-0.39, 0.29) is 5.91 Å². The number of aryl methyl sites for hydroxylation is 1. The van der Waals surface area contributed by atoms with Crippen molar-refractivity contribution in [3.63, 3.8) is 0 Å². The third kappa shape index (κ3) is 5.08. The molecule has 144 valence electrons. The summed E-state index contributed by atoms with van der Waals surface area (Å²) in [7, 11) is 0. The maximum absolute atomic E-state index is 12.5. The van der Waals surface area contributed by atoms with Crippen molar-refractivity contribution in [2.24, 2.45) is 0 Å². The minimum absolute atomic E-state index is 0.210. The fourth-order valence-electron chi connectivity index (χ4n) is 2.90. The van der Waals surface area contributed by atoms with E-state index in [0.29, 0.717) is 29.8 Å². The Bertz CT molecular complexity index is 943. The van der Waals surface area contributed by atoms with E-state index < -0.39 is 0 Å². The Morgan fingerprint density at radius 3 is 2.64 bits per heavy atom. The van der Waals surface area contributed by atoms with Crippen LogP contribution in [0.3, 0.4) is 0 Å². The van der Waals surface area contributed by atoms with Gasteiger partial charge in [0.25, 0.3) is 5.91 Å². The topological polar surface area (TPSA) is 58.1 Å². The average molecular weight is 395 g/mol. The predicted molar refractivity (Wildman–Crippen MR) is 113 cm³/mol. The monoisotopic (exact) mass is 394 g/mol. The Kier molecular flexibility index (Phi) is 6.61. The second-order valence-electron chi connectivity index (χ2n) is 6.46. The lowest BCUT2D eigenvalue weighted by Crippen LogP contribution is -2.27. The maximum atomic E-state index is 12.5. The molecule has 0 atom stereocenters. The number of halogens is 1. The van der Waals surface area contributed by atoms with Crippen LogP contribution >= 0.6 is 11.6 Å². The van der Waals surface area contributed by atoms with Crippen molar-refractivity contribution in [3.8, 4) is 0 Å². The third-order valence-corrected chi connectivity index (χ3v) is 4.61. The molecule has 6 heteroatoms. The molecule has 0 saturated carbocycles. The zero-order chi connectivity index (χ0) is 19.9. The Labute approximate surface area is 170 Å². The van der Waals surface area contributed by atoms with E-state index in [0.717, 1.165) is 23.2 Å². The smallest absolute Gasteiger partial charge is 0.270 e. The number of amides is 1. The summed E-state index contributed by atoms with van der Waals surface area (Å²) < 4.78 is 0. The third-order valence-electron chi connectivity index (χ3n) is 4.36. The van der Waals surface area contributed by atoms with Crippen LogP contribution in [0.2, 0.25) is 5.02 Å². The molecule has 0 aliphatic heterocycles. The largest absolute Gasteiger partial charge is 0.350 e. The number of carbonyl (C=O) groups excluding carboxylic acids is 1. The standard InChI is InChI=1S/C22H23ClN4O/c1-3-27(19-6-4-5-16(2)15-19)22-25-14-12-20(26-22)21(28)24-13-11-17-7-9-18(23)10-8-17/h4-10,12,14-15H,3,11,13H2,1-2H3,(H,24,28). The van der Waals surface area contributed by atoms with Crippen LogP contribution in [0, 0.1) is 6.92 Å². The predicted octanol–water partition coefficient (Wildman–Crippen LogP) is 4.57. The van der Waals surface area contributed by atoms with Crippen LogP contribution in [0.5, 0.6) is 0 Å². The van der Waals surface area contributed by atoms with E-state index in [1.165, 1.54) is 0 Å². The van der Waals surface area contributed by atoms with Gasteiger partial charge in [-0.05, 0) is 61.7 Å². The second kappa shape index (κ2) is 9.33. The molecule has 0 bridgehead atoms. The minimum atomic E-state index is -0.210. The van der Waals surface area contributed by atoms with Gasteiger partial charge in [0.1, 0.15) is 5.69 Å². The summed E-state index contributed by atoms with van der Waals surface area (Å²) in [5.74, 6) is 0.302. The molecule has 1 amide bonds. The van der Waals surface area contributed by atoms with Gasteiger partial charge >= 0.3 is 0 Å². The number of rotatable bonds is 7. The van der Waals surface area contributed by atoms with Crippen LogP contribution in [0.15, 0.2) is 60.8 Å². The molecule has 1 N–H and O–H groups in total. The van der Waals surface area contributed by atoms with E-state index in [9.17, 15) is 4.79 Å². The fourth-order valence-corrected chi connectivity index (χ4v) is 3.03. The highest BCUT2D eigenvalue weighted by Gasteiger charge is 2.14. The number of benzene rings is 2. The van der Waals surface area contributed by atoms with Crippen molar-refractivity contribution >= 4 is 29.1 Å². The van der Waals surface area contributed by atoms with Crippen molar-refractivity contribution in [1.29, 1.82) is 0 Å². The molecule has 0 saturated heterocycles. The second-order valence-corrected chi connectivity index (χ2v) is 6.89. The Hall–Kier alpha value is -2.92. The van der Waals surface area contributed by atoms with Gasteiger partial charge in [0.2, 0.25) is 5.95 Å². The minimum Gasteiger partial charge on any atom is -0.350 e. The van der Waals surface area contributed by atoms with Crippen LogP contribution in [0.1, 0.15) is 28.5 Å². The summed E-state index contributed by atoms with van der Waals surface area (Å²) in [4.78, 5) is 23.3. The molecule has 5 nitrogen and oxygen atoms in total. The lowest BCUT2D eigenvalue weighted by Gasteiger charge is -2.21. The Balaban J connectivity index is 1.67. The molecule has 0 unspecified atom stereocenters. The number of nitrogens with one attached hydrogen (secondary N) is 1. The Morgan fingerprint density at radius 1 is 1.14 bits per heavy atom. The number of aromatic nitrogens is 2. The first-order valence-electron chi connectivity index (χ1n) is 9.26. The maximum Gasteiger partial charge on any atom is 0.270 e. The first-order valence-corrected chi connectivity index (χ1v) is 9.64. The molecule has 1 aromatic heterocycles. The van der Waals surface area contributed by atoms with Crippen LogP contribution in [-0.2, 0) is 6.42 Å². The number of hydrogen-bond acceptors (Lipinski definition) is 4. The van der Waals surface area contributed by atoms with E-state index in [4.69, 9.17) is 11.6 Å². The molecule has 3 rings (SSSR count). The van der Waals surface area contributed by atoms with Gasteiger partial charge in [-0.15, -0.1) is 0 Å². The van der Waals surface area contributed by atoms with Gasteiger partial charge in [0.15, 0.2) is 0 Å². The first kappa shape index (κ1) is 19.8. The first-order chi connectivity index (χ1) is 13.6. The number of nitrogens with zero attached hydrogens (tertiary/aromatic N) is 3. The van der Waals surface area contributed by atoms with Crippen molar-refractivity contribution in [1.82, 2.24) is 15.3 Å². The lowest BCUT2D eigenvalue weighted by molar-refractivity contribution is 0.0949. The van der Waals surface area contributed by atoms with Crippen LogP contribution in [0.25, 0.3) is 0 Å². The van der Waals surface area contributed by atoms with Crippen LogP contribution in [-0.4, -0.2) is 29.0 Å². The van der Waals surface area contributed by atoms with Crippen molar-refractivity contribution in [3.05, 3.63) is 82.6 Å². The van der Waals surface area contributed by atoms with Crippen molar-refractivity contribution < 1.29 is 4.79 Å². The molecule has 0 spiro atoms. The molecule has 0 aliphatic rings. The highest BCUT2D eigenvalue weighted by Crippen LogP contribution is 2.22. The molecule has 0 aliphatic carbocycles. The number of hydrogen-bond donors (Lipinski definition) is 1. The molecule has 1 heterocycles. The quantitative estimate of drug-likeness (QED) is 0.637. The molecule has 0 radical (unpaired) electrons. The van der Waals surface area contributed by atoms with E-state index in [2.05, 4.69) is 21.4 Å². The van der Waals surface area contributed by atoms with Gasteiger partial charge in [-0.25, -0.2) is 9.97 Å².